The second kappa shape index (κ2) is 6.91. The number of likely N-dealkylation sites (N-methyl/N-ethyl adjacent to an activating group) is 1. The first-order valence-electron chi connectivity index (χ1n) is 7.25. The lowest BCUT2D eigenvalue weighted by Crippen LogP contribution is -2.43. The second-order valence-electron chi connectivity index (χ2n) is 5.60. The van der Waals surface area contributed by atoms with Crippen LogP contribution >= 0.6 is 0 Å². The van der Waals surface area contributed by atoms with E-state index in [2.05, 4.69) is 42.3 Å². The lowest BCUT2D eigenvalue weighted by atomic mass is 9.83. The largest absolute Gasteiger partial charge is 0.329 e. The zero-order valence-electron chi connectivity index (χ0n) is 11.5. The van der Waals surface area contributed by atoms with Crippen molar-refractivity contribution in [3.63, 3.8) is 0 Å². The molecule has 1 aromatic rings. The van der Waals surface area contributed by atoms with Crippen molar-refractivity contribution in [1.82, 2.24) is 4.90 Å². The van der Waals surface area contributed by atoms with Crippen LogP contribution in [0.15, 0.2) is 30.3 Å². The van der Waals surface area contributed by atoms with Gasteiger partial charge in [0, 0.05) is 19.1 Å². The topological polar surface area (TPSA) is 29.3 Å². The maximum atomic E-state index is 6.02. The van der Waals surface area contributed by atoms with Gasteiger partial charge in [0.1, 0.15) is 0 Å². The average Bonchev–Trinajstić information content (AvgIpc) is 2.42. The Morgan fingerprint density at radius 2 is 1.83 bits per heavy atom. The van der Waals surface area contributed by atoms with E-state index in [4.69, 9.17) is 5.73 Å². The Bertz CT molecular complexity index is 330. The standard InChI is InChI=1S/C16H26N2/c1-18(13-14-8-4-2-5-9-14)16(12-17)15-10-6-3-7-11-15/h2,4-5,8-9,15-16H,3,6-7,10-13,17H2,1H3. The SMILES string of the molecule is CN(Cc1ccccc1)C(CN)C1CCCCC1. The normalized spacial score (nSPS) is 19.1. The van der Waals surface area contributed by atoms with Gasteiger partial charge in [0.05, 0.1) is 0 Å². The lowest BCUT2D eigenvalue weighted by Gasteiger charge is -2.36. The Morgan fingerprint density at radius 1 is 1.17 bits per heavy atom. The molecule has 1 aliphatic rings. The number of hydrogen-bond acceptors (Lipinski definition) is 2. The molecular weight excluding hydrogens is 220 g/mol. The van der Waals surface area contributed by atoms with Gasteiger partial charge in [-0.15, -0.1) is 0 Å². The number of nitrogens with zero attached hydrogens (tertiary/aromatic N) is 1. The van der Waals surface area contributed by atoms with Crippen LogP contribution in [0.25, 0.3) is 0 Å². The molecule has 2 N–H and O–H groups in total. The average molecular weight is 246 g/mol. The number of rotatable bonds is 5. The Balaban J connectivity index is 1.94. The first-order valence-corrected chi connectivity index (χ1v) is 7.25. The maximum absolute atomic E-state index is 6.02. The van der Waals surface area contributed by atoms with Crippen LogP contribution in [0.5, 0.6) is 0 Å². The first kappa shape index (κ1) is 13.6. The predicted octanol–water partition coefficient (Wildman–Crippen LogP) is 3.03. The highest BCUT2D eigenvalue weighted by molar-refractivity contribution is 5.14. The number of hydrogen-bond donors (Lipinski definition) is 1. The third-order valence-electron chi connectivity index (χ3n) is 4.28. The second-order valence-corrected chi connectivity index (χ2v) is 5.60. The molecule has 0 bridgehead atoms. The van der Waals surface area contributed by atoms with Crippen molar-refractivity contribution in [2.24, 2.45) is 11.7 Å². The third kappa shape index (κ3) is 3.56. The van der Waals surface area contributed by atoms with Crippen molar-refractivity contribution in [2.75, 3.05) is 13.6 Å². The van der Waals surface area contributed by atoms with Crippen LogP contribution < -0.4 is 5.73 Å². The molecule has 1 fully saturated rings. The summed E-state index contributed by atoms with van der Waals surface area (Å²) in [7, 11) is 2.22. The van der Waals surface area contributed by atoms with Gasteiger partial charge in [0.25, 0.3) is 0 Å². The van der Waals surface area contributed by atoms with Crippen molar-refractivity contribution in [3.8, 4) is 0 Å². The van der Waals surface area contributed by atoms with Crippen LogP contribution in [-0.2, 0) is 6.54 Å². The van der Waals surface area contributed by atoms with Crippen LogP contribution in [0.2, 0.25) is 0 Å². The molecule has 1 saturated carbocycles. The van der Waals surface area contributed by atoms with Crippen molar-refractivity contribution in [2.45, 2.75) is 44.7 Å². The van der Waals surface area contributed by atoms with E-state index in [1.165, 1.54) is 37.7 Å². The Kier molecular flexibility index (Phi) is 5.21. The molecule has 1 aromatic carbocycles. The molecule has 0 radical (unpaired) electrons. The summed E-state index contributed by atoms with van der Waals surface area (Å²) in [5, 5.41) is 0. The molecule has 2 heteroatoms. The van der Waals surface area contributed by atoms with E-state index in [-0.39, 0.29) is 0 Å². The molecule has 1 aliphatic carbocycles. The summed E-state index contributed by atoms with van der Waals surface area (Å²) in [4.78, 5) is 2.45. The molecule has 0 spiro atoms. The minimum absolute atomic E-state index is 0.547. The number of benzene rings is 1. The Labute approximate surface area is 111 Å². The summed E-state index contributed by atoms with van der Waals surface area (Å²) in [6.07, 6.45) is 6.92. The lowest BCUT2D eigenvalue weighted by molar-refractivity contribution is 0.143. The number of nitrogens with two attached hydrogens (primary N) is 1. The zero-order chi connectivity index (χ0) is 12.8. The fraction of sp³-hybridized carbons (Fsp3) is 0.625. The first-order chi connectivity index (χ1) is 8.81. The summed E-state index contributed by atoms with van der Waals surface area (Å²) >= 11 is 0. The van der Waals surface area contributed by atoms with E-state index in [0.29, 0.717) is 6.04 Å². The molecular formula is C16H26N2. The summed E-state index contributed by atoms with van der Waals surface area (Å²) < 4.78 is 0. The molecule has 1 atom stereocenters. The van der Waals surface area contributed by atoms with Crippen LogP contribution in [0.3, 0.4) is 0 Å². The highest BCUT2D eigenvalue weighted by Gasteiger charge is 2.25. The third-order valence-corrected chi connectivity index (χ3v) is 4.28. The summed E-state index contributed by atoms with van der Waals surface area (Å²) in [6.45, 7) is 1.80. The van der Waals surface area contributed by atoms with Gasteiger partial charge in [0.2, 0.25) is 0 Å². The molecule has 100 valence electrons. The quantitative estimate of drug-likeness (QED) is 0.865. The molecule has 0 amide bonds. The molecule has 0 aliphatic heterocycles. The fourth-order valence-electron chi connectivity index (χ4n) is 3.24. The van der Waals surface area contributed by atoms with Crippen LogP contribution in [0.1, 0.15) is 37.7 Å². The molecule has 2 nitrogen and oxygen atoms in total. The minimum Gasteiger partial charge on any atom is -0.329 e. The Morgan fingerprint density at radius 3 is 2.44 bits per heavy atom. The van der Waals surface area contributed by atoms with Gasteiger partial charge < -0.3 is 5.73 Å². The van der Waals surface area contributed by atoms with Gasteiger partial charge in [-0.25, -0.2) is 0 Å². The van der Waals surface area contributed by atoms with E-state index in [1.807, 2.05) is 0 Å². The van der Waals surface area contributed by atoms with Gasteiger partial charge >= 0.3 is 0 Å². The molecule has 0 saturated heterocycles. The van der Waals surface area contributed by atoms with Crippen molar-refractivity contribution in [3.05, 3.63) is 35.9 Å². The van der Waals surface area contributed by atoms with E-state index < -0.39 is 0 Å². The fourth-order valence-corrected chi connectivity index (χ4v) is 3.24. The van der Waals surface area contributed by atoms with Crippen molar-refractivity contribution >= 4 is 0 Å². The van der Waals surface area contributed by atoms with Crippen molar-refractivity contribution in [1.29, 1.82) is 0 Å². The van der Waals surface area contributed by atoms with Crippen LogP contribution in [-0.4, -0.2) is 24.5 Å². The van der Waals surface area contributed by atoms with E-state index >= 15 is 0 Å². The van der Waals surface area contributed by atoms with E-state index in [1.54, 1.807) is 0 Å². The highest BCUT2D eigenvalue weighted by atomic mass is 15.1. The van der Waals surface area contributed by atoms with Crippen molar-refractivity contribution < 1.29 is 0 Å². The summed E-state index contributed by atoms with van der Waals surface area (Å²) in [5.41, 5.74) is 7.40. The summed E-state index contributed by atoms with van der Waals surface area (Å²) in [6, 6.07) is 11.2. The molecule has 2 rings (SSSR count). The molecule has 0 heterocycles. The zero-order valence-corrected chi connectivity index (χ0v) is 11.5. The molecule has 0 aromatic heterocycles. The predicted molar refractivity (Wildman–Crippen MR) is 77.3 cm³/mol. The van der Waals surface area contributed by atoms with Crippen LogP contribution in [0, 0.1) is 5.92 Å². The van der Waals surface area contributed by atoms with Gasteiger partial charge in [-0.2, -0.15) is 0 Å². The van der Waals surface area contributed by atoms with E-state index in [0.717, 1.165) is 19.0 Å². The smallest absolute Gasteiger partial charge is 0.0247 e. The minimum atomic E-state index is 0.547. The van der Waals surface area contributed by atoms with Gasteiger partial charge in [-0.05, 0) is 31.4 Å². The molecule has 1 unspecified atom stereocenters. The maximum Gasteiger partial charge on any atom is 0.0247 e. The monoisotopic (exact) mass is 246 g/mol. The van der Waals surface area contributed by atoms with Crippen LogP contribution in [0.4, 0.5) is 0 Å². The molecule has 18 heavy (non-hydrogen) atoms. The van der Waals surface area contributed by atoms with Gasteiger partial charge in [0.15, 0.2) is 0 Å². The Hall–Kier alpha value is -0.860. The van der Waals surface area contributed by atoms with Gasteiger partial charge in [-0.3, -0.25) is 4.90 Å². The highest BCUT2D eigenvalue weighted by Crippen LogP contribution is 2.28. The summed E-state index contributed by atoms with van der Waals surface area (Å²) in [5.74, 6) is 0.803. The van der Waals surface area contributed by atoms with E-state index in [9.17, 15) is 0 Å². The van der Waals surface area contributed by atoms with Gasteiger partial charge in [-0.1, -0.05) is 49.6 Å².